The van der Waals surface area contributed by atoms with E-state index in [2.05, 4.69) is 15.9 Å². The summed E-state index contributed by atoms with van der Waals surface area (Å²) in [7, 11) is 0. The SMILES string of the molecule is O=C1C=C(c2ccc(Br)cc2)C(C(=O)O)CC1. The molecule has 1 unspecified atom stereocenters. The summed E-state index contributed by atoms with van der Waals surface area (Å²) in [5, 5.41) is 9.15. The molecule has 0 aromatic heterocycles. The molecule has 1 aliphatic rings. The highest BCUT2D eigenvalue weighted by molar-refractivity contribution is 9.10. The van der Waals surface area contributed by atoms with Crippen LogP contribution in [0.15, 0.2) is 34.8 Å². The number of carboxylic acid groups (broad SMARTS) is 1. The lowest BCUT2D eigenvalue weighted by atomic mass is 9.83. The van der Waals surface area contributed by atoms with Crippen molar-refractivity contribution in [3.8, 4) is 0 Å². The average molecular weight is 295 g/mol. The molecule has 17 heavy (non-hydrogen) atoms. The van der Waals surface area contributed by atoms with E-state index in [-0.39, 0.29) is 5.78 Å². The van der Waals surface area contributed by atoms with Gasteiger partial charge in [0.2, 0.25) is 0 Å². The topological polar surface area (TPSA) is 54.4 Å². The van der Waals surface area contributed by atoms with Crippen molar-refractivity contribution >= 4 is 33.3 Å². The number of carbonyl (C=O) groups excluding carboxylic acids is 1. The highest BCUT2D eigenvalue weighted by atomic mass is 79.9. The second-order valence-electron chi connectivity index (χ2n) is 4.00. The van der Waals surface area contributed by atoms with Gasteiger partial charge in [0, 0.05) is 10.9 Å². The minimum Gasteiger partial charge on any atom is -0.481 e. The largest absolute Gasteiger partial charge is 0.481 e. The second kappa shape index (κ2) is 4.84. The second-order valence-corrected chi connectivity index (χ2v) is 4.92. The lowest BCUT2D eigenvalue weighted by Gasteiger charge is -2.20. The van der Waals surface area contributed by atoms with Crippen LogP contribution in [0, 0.1) is 5.92 Å². The fourth-order valence-electron chi connectivity index (χ4n) is 1.97. The average Bonchev–Trinajstić information content (AvgIpc) is 2.29. The van der Waals surface area contributed by atoms with Gasteiger partial charge in [0.05, 0.1) is 5.92 Å². The molecule has 0 aliphatic heterocycles. The monoisotopic (exact) mass is 294 g/mol. The molecule has 0 saturated carbocycles. The van der Waals surface area contributed by atoms with Crippen LogP contribution in [0.5, 0.6) is 0 Å². The highest BCUT2D eigenvalue weighted by Gasteiger charge is 2.28. The first-order chi connectivity index (χ1) is 8.08. The Hall–Kier alpha value is -1.42. The molecular formula is C13H11BrO3. The number of rotatable bonds is 2. The first kappa shape index (κ1) is 12.0. The zero-order chi connectivity index (χ0) is 12.4. The zero-order valence-electron chi connectivity index (χ0n) is 9.02. The van der Waals surface area contributed by atoms with E-state index in [0.717, 1.165) is 10.0 Å². The van der Waals surface area contributed by atoms with Gasteiger partial charge in [0.15, 0.2) is 5.78 Å². The molecule has 0 heterocycles. The van der Waals surface area contributed by atoms with E-state index in [1.165, 1.54) is 6.08 Å². The van der Waals surface area contributed by atoms with Crippen LogP contribution < -0.4 is 0 Å². The first-order valence-electron chi connectivity index (χ1n) is 5.31. The van der Waals surface area contributed by atoms with Crippen molar-refractivity contribution in [2.24, 2.45) is 5.92 Å². The van der Waals surface area contributed by atoms with Gasteiger partial charge in [-0.15, -0.1) is 0 Å². The Bertz CT molecular complexity index is 488. The van der Waals surface area contributed by atoms with Crippen LogP contribution in [-0.2, 0) is 9.59 Å². The number of carbonyl (C=O) groups is 2. The Morgan fingerprint density at radius 2 is 1.94 bits per heavy atom. The summed E-state index contributed by atoms with van der Waals surface area (Å²) >= 11 is 3.32. The Morgan fingerprint density at radius 3 is 2.53 bits per heavy atom. The van der Waals surface area contributed by atoms with Crippen molar-refractivity contribution in [3.05, 3.63) is 40.4 Å². The third-order valence-electron chi connectivity index (χ3n) is 2.85. The molecule has 1 atom stereocenters. The molecule has 0 fully saturated rings. The van der Waals surface area contributed by atoms with Gasteiger partial charge in [-0.25, -0.2) is 0 Å². The first-order valence-corrected chi connectivity index (χ1v) is 6.10. The smallest absolute Gasteiger partial charge is 0.311 e. The van der Waals surface area contributed by atoms with E-state index in [1.54, 1.807) is 0 Å². The fraction of sp³-hybridized carbons (Fsp3) is 0.231. The number of halogens is 1. The van der Waals surface area contributed by atoms with E-state index in [9.17, 15) is 9.59 Å². The standard InChI is InChI=1S/C13H11BrO3/c14-9-3-1-8(2-4-9)12-7-10(15)5-6-11(12)13(16)17/h1-4,7,11H,5-6H2,(H,16,17). The van der Waals surface area contributed by atoms with Crippen LogP contribution in [-0.4, -0.2) is 16.9 Å². The maximum absolute atomic E-state index is 11.4. The predicted octanol–water partition coefficient (Wildman–Crippen LogP) is 2.90. The van der Waals surface area contributed by atoms with Crippen LogP contribution >= 0.6 is 15.9 Å². The van der Waals surface area contributed by atoms with E-state index < -0.39 is 11.9 Å². The summed E-state index contributed by atoms with van der Waals surface area (Å²) in [6.07, 6.45) is 2.17. The Kier molecular flexibility index (Phi) is 3.43. The van der Waals surface area contributed by atoms with Gasteiger partial charge < -0.3 is 5.11 Å². The van der Waals surface area contributed by atoms with Crippen LogP contribution in [0.2, 0.25) is 0 Å². The molecule has 1 aromatic rings. The lowest BCUT2D eigenvalue weighted by molar-refractivity contribution is -0.140. The number of benzene rings is 1. The summed E-state index contributed by atoms with van der Waals surface area (Å²) in [6.45, 7) is 0. The van der Waals surface area contributed by atoms with Crippen molar-refractivity contribution in [1.29, 1.82) is 0 Å². The van der Waals surface area contributed by atoms with Gasteiger partial charge in [0.25, 0.3) is 0 Å². The number of hydrogen-bond donors (Lipinski definition) is 1. The normalized spacial score (nSPS) is 19.9. The molecule has 1 aromatic carbocycles. The van der Waals surface area contributed by atoms with Crippen molar-refractivity contribution in [3.63, 3.8) is 0 Å². The maximum atomic E-state index is 11.4. The van der Waals surface area contributed by atoms with Gasteiger partial charge >= 0.3 is 5.97 Å². The molecule has 1 N–H and O–H groups in total. The quantitative estimate of drug-likeness (QED) is 0.912. The molecule has 0 amide bonds. The van der Waals surface area contributed by atoms with Crippen molar-refractivity contribution in [1.82, 2.24) is 0 Å². The molecule has 1 aliphatic carbocycles. The van der Waals surface area contributed by atoms with Gasteiger partial charge in [-0.3, -0.25) is 9.59 Å². The number of aliphatic carboxylic acids is 1. The number of carboxylic acids is 1. The molecule has 3 nitrogen and oxygen atoms in total. The van der Waals surface area contributed by atoms with Crippen LogP contribution in [0.3, 0.4) is 0 Å². The van der Waals surface area contributed by atoms with E-state index in [0.29, 0.717) is 18.4 Å². The molecule has 2 rings (SSSR count). The lowest BCUT2D eigenvalue weighted by Crippen LogP contribution is -2.21. The molecule has 4 heteroatoms. The van der Waals surface area contributed by atoms with Gasteiger partial charge in [-0.05, 0) is 35.8 Å². The molecule has 88 valence electrons. The Balaban J connectivity index is 2.42. The minimum absolute atomic E-state index is 0.000388. The summed E-state index contributed by atoms with van der Waals surface area (Å²) in [5.41, 5.74) is 1.41. The van der Waals surface area contributed by atoms with E-state index in [1.807, 2.05) is 24.3 Å². The van der Waals surface area contributed by atoms with E-state index >= 15 is 0 Å². The predicted molar refractivity (Wildman–Crippen MR) is 67.5 cm³/mol. The fourth-order valence-corrected chi connectivity index (χ4v) is 2.24. The van der Waals surface area contributed by atoms with Crippen molar-refractivity contribution < 1.29 is 14.7 Å². The summed E-state index contributed by atoms with van der Waals surface area (Å²) < 4.78 is 0.927. The third-order valence-corrected chi connectivity index (χ3v) is 3.38. The van der Waals surface area contributed by atoms with Crippen LogP contribution in [0.1, 0.15) is 18.4 Å². The maximum Gasteiger partial charge on any atom is 0.311 e. The van der Waals surface area contributed by atoms with E-state index in [4.69, 9.17) is 5.11 Å². The summed E-state index contributed by atoms with van der Waals surface area (Å²) in [6, 6.07) is 7.33. The minimum atomic E-state index is -0.869. The number of allylic oxidation sites excluding steroid dienone is 1. The Morgan fingerprint density at radius 1 is 1.29 bits per heavy atom. The Labute approximate surface area is 107 Å². The van der Waals surface area contributed by atoms with Gasteiger partial charge in [-0.1, -0.05) is 28.1 Å². The molecule has 0 saturated heterocycles. The van der Waals surface area contributed by atoms with Crippen molar-refractivity contribution in [2.75, 3.05) is 0 Å². The summed E-state index contributed by atoms with van der Waals surface area (Å²) in [4.78, 5) is 22.6. The van der Waals surface area contributed by atoms with Crippen LogP contribution in [0.4, 0.5) is 0 Å². The summed E-state index contributed by atoms with van der Waals surface area (Å²) in [5.74, 6) is -1.44. The zero-order valence-corrected chi connectivity index (χ0v) is 10.6. The van der Waals surface area contributed by atoms with Gasteiger partial charge in [-0.2, -0.15) is 0 Å². The van der Waals surface area contributed by atoms with Crippen LogP contribution in [0.25, 0.3) is 5.57 Å². The van der Waals surface area contributed by atoms with Crippen molar-refractivity contribution in [2.45, 2.75) is 12.8 Å². The van der Waals surface area contributed by atoms with Gasteiger partial charge in [0.1, 0.15) is 0 Å². The number of hydrogen-bond acceptors (Lipinski definition) is 2. The molecular weight excluding hydrogens is 284 g/mol. The molecule has 0 spiro atoms. The molecule has 0 radical (unpaired) electrons. The third kappa shape index (κ3) is 2.64. The highest BCUT2D eigenvalue weighted by Crippen LogP contribution is 2.32. The molecule has 0 bridgehead atoms. The number of ketones is 1.